The molecule has 0 aliphatic heterocycles. The van der Waals surface area contributed by atoms with Gasteiger partial charge in [0.25, 0.3) is 0 Å². The van der Waals surface area contributed by atoms with E-state index in [0.29, 0.717) is 23.7 Å². The molecule has 0 heterocycles. The molecular weight excluding hydrogens is 248 g/mol. The fourth-order valence-electron chi connectivity index (χ4n) is 1.44. The van der Waals surface area contributed by atoms with Crippen molar-refractivity contribution in [3.05, 3.63) is 34.6 Å². The summed E-state index contributed by atoms with van der Waals surface area (Å²) in [5, 5.41) is 3.66. The third kappa shape index (κ3) is 4.69. The van der Waals surface area contributed by atoms with Crippen molar-refractivity contribution in [2.45, 2.75) is 31.7 Å². The largest absolute Gasteiger partial charge is 0.311 e. The van der Waals surface area contributed by atoms with E-state index < -0.39 is 0 Å². The molecule has 90 valence electrons. The molecule has 1 aromatic rings. The zero-order chi connectivity index (χ0) is 12.0. The van der Waals surface area contributed by atoms with Gasteiger partial charge in [0.2, 0.25) is 0 Å². The molecule has 0 bridgehead atoms. The fourth-order valence-corrected chi connectivity index (χ4v) is 1.93. The van der Waals surface area contributed by atoms with Gasteiger partial charge in [0, 0.05) is 29.1 Å². The fraction of sp³-hybridized carbons (Fsp3) is 0.500. The third-order valence-corrected chi connectivity index (χ3v) is 2.91. The molecule has 0 aliphatic rings. The summed E-state index contributed by atoms with van der Waals surface area (Å²) >= 11 is 11.7. The number of hydrogen-bond acceptors (Lipinski definition) is 1. The first-order chi connectivity index (χ1) is 7.63. The summed E-state index contributed by atoms with van der Waals surface area (Å²) in [5.41, 5.74) is 0.616. The van der Waals surface area contributed by atoms with Gasteiger partial charge in [0.1, 0.15) is 5.82 Å². The molecule has 0 amide bonds. The SMILES string of the molecule is CCCC(Cl)CNCc1ccc(Cl)cc1F. The first-order valence-corrected chi connectivity index (χ1v) is 6.23. The van der Waals surface area contributed by atoms with Crippen LogP contribution in [-0.4, -0.2) is 11.9 Å². The van der Waals surface area contributed by atoms with Gasteiger partial charge in [0.15, 0.2) is 0 Å². The van der Waals surface area contributed by atoms with Crippen molar-refractivity contribution in [2.75, 3.05) is 6.54 Å². The molecule has 0 radical (unpaired) electrons. The minimum Gasteiger partial charge on any atom is -0.311 e. The van der Waals surface area contributed by atoms with Gasteiger partial charge in [-0.1, -0.05) is 31.0 Å². The lowest BCUT2D eigenvalue weighted by Gasteiger charge is -2.10. The van der Waals surface area contributed by atoms with E-state index in [4.69, 9.17) is 23.2 Å². The van der Waals surface area contributed by atoms with Gasteiger partial charge in [-0.3, -0.25) is 0 Å². The maximum Gasteiger partial charge on any atom is 0.129 e. The van der Waals surface area contributed by atoms with Crippen molar-refractivity contribution < 1.29 is 4.39 Å². The molecule has 0 fully saturated rings. The van der Waals surface area contributed by atoms with E-state index in [1.54, 1.807) is 12.1 Å². The lowest BCUT2D eigenvalue weighted by molar-refractivity contribution is 0.576. The standard InChI is InChI=1S/C12H16Cl2FN/c1-2-3-11(14)8-16-7-9-4-5-10(13)6-12(9)15/h4-6,11,16H,2-3,7-8H2,1H3. The lowest BCUT2D eigenvalue weighted by atomic mass is 10.2. The molecule has 1 atom stereocenters. The first kappa shape index (κ1) is 13.8. The van der Waals surface area contributed by atoms with Crippen LogP contribution in [0.1, 0.15) is 25.3 Å². The van der Waals surface area contributed by atoms with E-state index in [9.17, 15) is 4.39 Å². The second-order valence-electron chi connectivity index (χ2n) is 3.75. The Morgan fingerprint density at radius 3 is 2.81 bits per heavy atom. The number of nitrogens with one attached hydrogen (secondary N) is 1. The number of benzene rings is 1. The summed E-state index contributed by atoms with van der Waals surface area (Å²) in [4.78, 5) is 0. The molecule has 0 spiro atoms. The number of hydrogen-bond donors (Lipinski definition) is 1. The van der Waals surface area contributed by atoms with Crippen molar-refractivity contribution in [3.8, 4) is 0 Å². The summed E-state index contributed by atoms with van der Waals surface area (Å²) in [6, 6.07) is 4.70. The van der Waals surface area contributed by atoms with E-state index in [-0.39, 0.29) is 11.2 Å². The highest BCUT2D eigenvalue weighted by atomic mass is 35.5. The minimum absolute atomic E-state index is 0.111. The van der Waals surface area contributed by atoms with Crippen LogP contribution in [0.5, 0.6) is 0 Å². The van der Waals surface area contributed by atoms with E-state index in [1.165, 1.54) is 6.07 Å². The Hall–Kier alpha value is -0.310. The Labute approximate surface area is 106 Å². The Balaban J connectivity index is 2.37. The summed E-state index contributed by atoms with van der Waals surface area (Å²) < 4.78 is 13.4. The summed E-state index contributed by atoms with van der Waals surface area (Å²) in [7, 11) is 0. The second-order valence-corrected chi connectivity index (χ2v) is 4.81. The Morgan fingerprint density at radius 2 is 2.19 bits per heavy atom. The molecule has 0 saturated carbocycles. The van der Waals surface area contributed by atoms with Crippen LogP contribution in [0.3, 0.4) is 0 Å². The van der Waals surface area contributed by atoms with E-state index >= 15 is 0 Å². The normalized spacial score (nSPS) is 12.8. The number of halogens is 3. The monoisotopic (exact) mass is 263 g/mol. The molecule has 0 saturated heterocycles. The van der Waals surface area contributed by atoms with Crippen LogP contribution in [0.15, 0.2) is 18.2 Å². The minimum atomic E-state index is -0.276. The Morgan fingerprint density at radius 1 is 1.44 bits per heavy atom. The summed E-state index contributed by atoms with van der Waals surface area (Å²) in [6.45, 7) is 3.27. The quantitative estimate of drug-likeness (QED) is 0.766. The zero-order valence-corrected chi connectivity index (χ0v) is 10.8. The van der Waals surface area contributed by atoms with Crippen molar-refractivity contribution in [2.24, 2.45) is 0 Å². The molecule has 16 heavy (non-hydrogen) atoms. The Bertz CT molecular complexity index is 331. The average Bonchev–Trinajstić information content (AvgIpc) is 2.22. The highest BCUT2D eigenvalue weighted by Crippen LogP contribution is 2.14. The van der Waals surface area contributed by atoms with Gasteiger partial charge < -0.3 is 5.32 Å². The predicted molar refractivity (Wildman–Crippen MR) is 67.7 cm³/mol. The lowest BCUT2D eigenvalue weighted by Crippen LogP contribution is -2.23. The van der Waals surface area contributed by atoms with E-state index in [1.807, 2.05) is 0 Å². The van der Waals surface area contributed by atoms with E-state index in [0.717, 1.165) is 12.8 Å². The topological polar surface area (TPSA) is 12.0 Å². The van der Waals surface area contributed by atoms with Gasteiger partial charge in [-0.05, 0) is 18.6 Å². The molecule has 0 aliphatic carbocycles. The second kappa shape index (κ2) is 7.10. The molecule has 1 unspecified atom stereocenters. The van der Waals surface area contributed by atoms with Crippen LogP contribution in [0.2, 0.25) is 5.02 Å². The van der Waals surface area contributed by atoms with Crippen LogP contribution in [0.25, 0.3) is 0 Å². The van der Waals surface area contributed by atoms with Gasteiger partial charge in [-0.15, -0.1) is 11.6 Å². The van der Waals surface area contributed by atoms with Crippen molar-refractivity contribution in [3.63, 3.8) is 0 Å². The molecule has 4 heteroatoms. The van der Waals surface area contributed by atoms with Gasteiger partial charge in [0.05, 0.1) is 0 Å². The number of rotatable bonds is 6. The molecular formula is C12H16Cl2FN. The molecule has 0 aromatic heterocycles. The van der Waals surface area contributed by atoms with Gasteiger partial charge >= 0.3 is 0 Å². The highest BCUT2D eigenvalue weighted by Gasteiger charge is 2.05. The predicted octanol–water partition coefficient (Wildman–Crippen LogP) is 3.98. The molecule has 1 nitrogen and oxygen atoms in total. The van der Waals surface area contributed by atoms with Crippen LogP contribution in [-0.2, 0) is 6.54 Å². The van der Waals surface area contributed by atoms with Crippen molar-refractivity contribution in [1.29, 1.82) is 0 Å². The molecule has 1 rings (SSSR count). The summed E-state index contributed by atoms with van der Waals surface area (Å²) in [5.74, 6) is -0.276. The van der Waals surface area contributed by atoms with Crippen LogP contribution in [0.4, 0.5) is 4.39 Å². The number of alkyl halides is 1. The summed E-state index contributed by atoms with van der Waals surface area (Å²) in [6.07, 6.45) is 2.03. The average molecular weight is 264 g/mol. The van der Waals surface area contributed by atoms with Crippen LogP contribution in [0, 0.1) is 5.82 Å². The molecule has 1 N–H and O–H groups in total. The van der Waals surface area contributed by atoms with E-state index in [2.05, 4.69) is 12.2 Å². The third-order valence-electron chi connectivity index (χ3n) is 2.30. The first-order valence-electron chi connectivity index (χ1n) is 5.42. The smallest absolute Gasteiger partial charge is 0.129 e. The van der Waals surface area contributed by atoms with Crippen LogP contribution < -0.4 is 5.32 Å². The maximum absolute atomic E-state index is 13.4. The maximum atomic E-state index is 13.4. The van der Waals surface area contributed by atoms with Crippen molar-refractivity contribution >= 4 is 23.2 Å². The highest BCUT2D eigenvalue weighted by molar-refractivity contribution is 6.30. The van der Waals surface area contributed by atoms with Crippen LogP contribution >= 0.6 is 23.2 Å². The Kier molecular flexibility index (Phi) is 6.10. The zero-order valence-electron chi connectivity index (χ0n) is 9.27. The molecule has 1 aromatic carbocycles. The van der Waals surface area contributed by atoms with Crippen molar-refractivity contribution in [1.82, 2.24) is 5.32 Å². The van der Waals surface area contributed by atoms with Gasteiger partial charge in [-0.2, -0.15) is 0 Å². The van der Waals surface area contributed by atoms with Gasteiger partial charge in [-0.25, -0.2) is 4.39 Å².